The van der Waals surface area contributed by atoms with Crippen LogP contribution in [0.4, 0.5) is 5.69 Å². The fourth-order valence-corrected chi connectivity index (χ4v) is 2.84. The van der Waals surface area contributed by atoms with Crippen LogP contribution in [0.3, 0.4) is 0 Å². The van der Waals surface area contributed by atoms with Gasteiger partial charge in [0.1, 0.15) is 12.7 Å². The number of nitrogens with zero attached hydrogens (tertiary/aromatic N) is 4. The number of benzene rings is 1. The lowest BCUT2D eigenvalue weighted by Gasteiger charge is -2.32. The van der Waals surface area contributed by atoms with Crippen LogP contribution in [-0.4, -0.2) is 38.7 Å². The minimum absolute atomic E-state index is 0. The summed E-state index contributed by atoms with van der Waals surface area (Å²) in [4.78, 5) is 18.4. The van der Waals surface area contributed by atoms with Gasteiger partial charge in [0.25, 0.3) is 5.91 Å². The van der Waals surface area contributed by atoms with E-state index in [2.05, 4.69) is 10.1 Å². The molecule has 1 aliphatic rings. The average Bonchev–Trinajstić information content (AvgIpc) is 3.00. The molecule has 8 heteroatoms. The van der Waals surface area contributed by atoms with Crippen molar-refractivity contribution in [1.82, 2.24) is 19.7 Å². The van der Waals surface area contributed by atoms with Gasteiger partial charge in [0, 0.05) is 30.9 Å². The highest BCUT2D eigenvalue weighted by molar-refractivity contribution is 5.95. The SMILES string of the molecule is Cl.Cl.Nc1cccc(C(=O)N2CCCC(Cn3cncn3)C2)c1. The monoisotopic (exact) mass is 357 g/mol. The van der Waals surface area contributed by atoms with Gasteiger partial charge in [0.2, 0.25) is 0 Å². The second kappa shape index (κ2) is 8.74. The van der Waals surface area contributed by atoms with Crippen molar-refractivity contribution in [2.45, 2.75) is 19.4 Å². The molecule has 0 radical (unpaired) electrons. The molecule has 1 aliphatic heterocycles. The van der Waals surface area contributed by atoms with E-state index in [4.69, 9.17) is 5.73 Å². The summed E-state index contributed by atoms with van der Waals surface area (Å²) >= 11 is 0. The third-order valence-corrected chi connectivity index (χ3v) is 3.85. The Bertz CT molecular complexity index is 620. The highest BCUT2D eigenvalue weighted by Gasteiger charge is 2.24. The van der Waals surface area contributed by atoms with E-state index in [1.807, 2.05) is 21.7 Å². The summed E-state index contributed by atoms with van der Waals surface area (Å²) in [5.41, 5.74) is 7.04. The van der Waals surface area contributed by atoms with Crippen molar-refractivity contribution in [3.05, 3.63) is 42.5 Å². The third-order valence-electron chi connectivity index (χ3n) is 3.85. The molecule has 1 aromatic carbocycles. The van der Waals surface area contributed by atoms with Crippen LogP contribution < -0.4 is 5.73 Å². The number of hydrogen-bond acceptors (Lipinski definition) is 4. The van der Waals surface area contributed by atoms with Gasteiger partial charge in [0.05, 0.1) is 0 Å². The van der Waals surface area contributed by atoms with Gasteiger partial charge in [-0.25, -0.2) is 4.98 Å². The first-order chi connectivity index (χ1) is 10.2. The van der Waals surface area contributed by atoms with Crippen molar-refractivity contribution in [3.63, 3.8) is 0 Å². The minimum atomic E-state index is 0. The Labute approximate surface area is 147 Å². The first kappa shape index (κ1) is 19.3. The standard InChI is InChI=1S/C15H19N5O.2ClH/c16-14-5-1-4-13(7-14)15(21)19-6-2-3-12(8-19)9-20-11-17-10-18-20;;/h1,4-5,7,10-12H,2-3,6,8-9,16H2;2*1H. The third kappa shape index (κ3) is 4.84. The molecule has 6 nitrogen and oxygen atoms in total. The van der Waals surface area contributed by atoms with Crippen molar-refractivity contribution < 1.29 is 4.79 Å². The lowest BCUT2D eigenvalue weighted by molar-refractivity contribution is 0.0659. The molecule has 1 saturated heterocycles. The Hall–Kier alpha value is -1.79. The number of aromatic nitrogens is 3. The lowest BCUT2D eigenvalue weighted by atomic mass is 9.97. The maximum absolute atomic E-state index is 12.5. The van der Waals surface area contributed by atoms with E-state index in [1.165, 1.54) is 0 Å². The smallest absolute Gasteiger partial charge is 0.253 e. The molecule has 3 rings (SSSR count). The molecule has 1 atom stereocenters. The van der Waals surface area contributed by atoms with E-state index < -0.39 is 0 Å². The molecular weight excluding hydrogens is 337 g/mol. The Morgan fingerprint density at radius 1 is 1.35 bits per heavy atom. The molecule has 2 N–H and O–H groups in total. The van der Waals surface area contributed by atoms with Gasteiger partial charge < -0.3 is 10.6 Å². The zero-order chi connectivity index (χ0) is 14.7. The Morgan fingerprint density at radius 3 is 2.87 bits per heavy atom. The van der Waals surface area contributed by atoms with Gasteiger partial charge in [0.15, 0.2) is 0 Å². The summed E-state index contributed by atoms with van der Waals surface area (Å²) in [5.74, 6) is 0.482. The molecule has 126 valence electrons. The molecule has 1 fully saturated rings. The number of hydrogen-bond donors (Lipinski definition) is 1. The number of nitrogen functional groups attached to an aromatic ring is 1. The second-order valence-corrected chi connectivity index (χ2v) is 5.50. The Morgan fingerprint density at radius 2 is 2.17 bits per heavy atom. The molecular formula is C15H21Cl2N5O. The normalized spacial score (nSPS) is 17.0. The number of nitrogens with two attached hydrogens (primary N) is 1. The fourth-order valence-electron chi connectivity index (χ4n) is 2.84. The number of carbonyl (C=O) groups excluding carboxylic acids is 1. The predicted octanol–water partition coefficient (Wildman–Crippen LogP) is 2.26. The molecule has 1 unspecified atom stereocenters. The van der Waals surface area contributed by atoms with Crippen molar-refractivity contribution in [1.29, 1.82) is 0 Å². The highest BCUT2D eigenvalue weighted by Crippen LogP contribution is 2.20. The number of amides is 1. The van der Waals surface area contributed by atoms with Crippen LogP contribution >= 0.6 is 24.8 Å². The first-order valence-corrected chi connectivity index (χ1v) is 7.19. The first-order valence-electron chi connectivity index (χ1n) is 7.19. The van der Waals surface area contributed by atoms with E-state index in [0.717, 1.165) is 32.5 Å². The number of piperidine rings is 1. The van der Waals surface area contributed by atoms with Gasteiger partial charge in [-0.2, -0.15) is 5.10 Å². The van der Waals surface area contributed by atoms with Crippen molar-refractivity contribution in [2.75, 3.05) is 18.8 Å². The van der Waals surface area contributed by atoms with Crippen LogP contribution in [0.1, 0.15) is 23.2 Å². The summed E-state index contributed by atoms with van der Waals surface area (Å²) in [6.45, 7) is 2.37. The second-order valence-electron chi connectivity index (χ2n) is 5.50. The molecule has 0 saturated carbocycles. The van der Waals surface area contributed by atoms with Crippen molar-refractivity contribution in [3.8, 4) is 0 Å². The average molecular weight is 358 g/mol. The van der Waals surface area contributed by atoms with Gasteiger partial charge in [-0.3, -0.25) is 9.48 Å². The summed E-state index contributed by atoms with van der Waals surface area (Å²) in [7, 11) is 0. The number of anilines is 1. The molecule has 2 heterocycles. The fraction of sp³-hybridized carbons (Fsp3) is 0.400. The molecule has 2 aromatic rings. The molecule has 0 spiro atoms. The van der Waals surface area contributed by atoms with E-state index in [1.54, 1.807) is 24.8 Å². The molecule has 0 aliphatic carbocycles. The van der Waals surface area contributed by atoms with Gasteiger partial charge in [-0.1, -0.05) is 6.07 Å². The minimum Gasteiger partial charge on any atom is -0.399 e. The quantitative estimate of drug-likeness (QED) is 0.854. The topological polar surface area (TPSA) is 77.0 Å². The maximum atomic E-state index is 12.5. The maximum Gasteiger partial charge on any atom is 0.253 e. The van der Waals surface area contributed by atoms with Crippen LogP contribution in [-0.2, 0) is 6.54 Å². The van der Waals surface area contributed by atoms with Crippen LogP contribution in [0.2, 0.25) is 0 Å². The van der Waals surface area contributed by atoms with Crippen LogP contribution in [0.5, 0.6) is 0 Å². The zero-order valence-electron chi connectivity index (χ0n) is 12.7. The van der Waals surface area contributed by atoms with Crippen LogP contribution in [0.25, 0.3) is 0 Å². The van der Waals surface area contributed by atoms with E-state index >= 15 is 0 Å². The van der Waals surface area contributed by atoms with E-state index in [0.29, 0.717) is 17.2 Å². The molecule has 23 heavy (non-hydrogen) atoms. The van der Waals surface area contributed by atoms with Gasteiger partial charge in [-0.15, -0.1) is 24.8 Å². The molecule has 0 bridgehead atoms. The van der Waals surface area contributed by atoms with E-state index in [9.17, 15) is 4.79 Å². The number of carbonyl (C=O) groups is 1. The summed E-state index contributed by atoms with van der Waals surface area (Å²) < 4.78 is 1.83. The van der Waals surface area contributed by atoms with Crippen LogP contribution in [0, 0.1) is 5.92 Å². The van der Waals surface area contributed by atoms with Crippen LogP contribution in [0.15, 0.2) is 36.9 Å². The number of rotatable bonds is 3. The van der Waals surface area contributed by atoms with Gasteiger partial charge >= 0.3 is 0 Å². The predicted molar refractivity (Wildman–Crippen MR) is 94.0 cm³/mol. The van der Waals surface area contributed by atoms with Crippen molar-refractivity contribution in [2.24, 2.45) is 5.92 Å². The van der Waals surface area contributed by atoms with Crippen molar-refractivity contribution >= 4 is 36.4 Å². The zero-order valence-corrected chi connectivity index (χ0v) is 14.3. The summed E-state index contributed by atoms with van der Waals surface area (Å²) in [6, 6.07) is 7.17. The lowest BCUT2D eigenvalue weighted by Crippen LogP contribution is -2.41. The summed E-state index contributed by atoms with van der Waals surface area (Å²) in [6.07, 6.45) is 5.39. The summed E-state index contributed by atoms with van der Waals surface area (Å²) in [5, 5.41) is 4.14. The Kier molecular flexibility index (Phi) is 7.32. The largest absolute Gasteiger partial charge is 0.399 e. The van der Waals surface area contributed by atoms with Gasteiger partial charge in [-0.05, 0) is 37.0 Å². The molecule has 1 amide bonds. The highest BCUT2D eigenvalue weighted by atomic mass is 35.5. The van der Waals surface area contributed by atoms with E-state index in [-0.39, 0.29) is 30.7 Å². The number of likely N-dealkylation sites (tertiary alicyclic amines) is 1. The number of halogens is 2. The Balaban J connectivity index is 0.00000132. The molecule has 1 aromatic heterocycles.